The standard InChI is InChI=1S/C8H10O9/c9-3(1-5(11)12)7(15)17-8(16)4(10)2-6(13)14/h3-4,9-10H,1-2H2,(H,11,12)(H,13,14). The summed E-state index contributed by atoms with van der Waals surface area (Å²) < 4.78 is 3.87. The fourth-order valence-corrected chi connectivity index (χ4v) is 0.733. The van der Waals surface area contributed by atoms with Crippen molar-refractivity contribution in [1.29, 1.82) is 0 Å². The highest BCUT2D eigenvalue weighted by Gasteiger charge is 2.27. The second kappa shape index (κ2) is 6.55. The van der Waals surface area contributed by atoms with Crippen LogP contribution in [0.2, 0.25) is 0 Å². The first-order chi connectivity index (χ1) is 7.73. The predicted molar refractivity (Wildman–Crippen MR) is 47.6 cm³/mol. The average molecular weight is 250 g/mol. The van der Waals surface area contributed by atoms with Crippen molar-refractivity contribution >= 4 is 23.9 Å². The van der Waals surface area contributed by atoms with Gasteiger partial charge in [0.05, 0.1) is 12.8 Å². The number of aliphatic hydroxyl groups is 2. The van der Waals surface area contributed by atoms with Crippen molar-refractivity contribution in [3.8, 4) is 0 Å². The summed E-state index contributed by atoms with van der Waals surface area (Å²) in [5.41, 5.74) is 0. The van der Waals surface area contributed by atoms with E-state index in [1.165, 1.54) is 0 Å². The van der Waals surface area contributed by atoms with Crippen molar-refractivity contribution in [3.05, 3.63) is 0 Å². The van der Waals surface area contributed by atoms with Gasteiger partial charge in [0.25, 0.3) is 0 Å². The van der Waals surface area contributed by atoms with Gasteiger partial charge in [-0.3, -0.25) is 9.59 Å². The monoisotopic (exact) mass is 250 g/mol. The number of aliphatic carboxylic acids is 2. The molecule has 0 fully saturated rings. The molecule has 0 aromatic carbocycles. The lowest BCUT2D eigenvalue weighted by atomic mass is 10.2. The van der Waals surface area contributed by atoms with E-state index in [0.29, 0.717) is 0 Å². The number of hydrogen-bond acceptors (Lipinski definition) is 7. The molecule has 0 aliphatic heterocycles. The quantitative estimate of drug-likeness (QED) is 0.301. The molecule has 0 spiro atoms. The predicted octanol–water partition coefficient (Wildman–Crippen LogP) is -2.27. The van der Waals surface area contributed by atoms with Gasteiger partial charge in [0.2, 0.25) is 0 Å². The van der Waals surface area contributed by atoms with E-state index < -0.39 is 48.9 Å². The maximum Gasteiger partial charge on any atom is 0.343 e. The fraction of sp³-hybridized carbons (Fsp3) is 0.500. The minimum absolute atomic E-state index is 0.971. The van der Waals surface area contributed by atoms with Gasteiger partial charge >= 0.3 is 23.9 Å². The lowest BCUT2D eigenvalue weighted by molar-refractivity contribution is -0.174. The zero-order valence-corrected chi connectivity index (χ0v) is 8.40. The first-order valence-electron chi connectivity index (χ1n) is 4.29. The Labute approximate surface area is 94.2 Å². The number of carbonyl (C=O) groups is 4. The number of aliphatic hydroxyl groups excluding tert-OH is 2. The Balaban J connectivity index is 4.24. The third-order valence-electron chi connectivity index (χ3n) is 1.48. The molecule has 0 aliphatic carbocycles. The van der Waals surface area contributed by atoms with Crippen LogP contribution in [0.3, 0.4) is 0 Å². The summed E-state index contributed by atoms with van der Waals surface area (Å²) in [6.45, 7) is 0. The topological polar surface area (TPSA) is 158 Å². The third kappa shape index (κ3) is 6.22. The molecule has 0 radical (unpaired) electrons. The van der Waals surface area contributed by atoms with E-state index in [1.54, 1.807) is 0 Å². The highest BCUT2D eigenvalue weighted by molar-refractivity contribution is 5.92. The van der Waals surface area contributed by atoms with E-state index >= 15 is 0 Å². The highest BCUT2D eigenvalue weighted by Crippen LogP contribution is 2.00. The van der Waals surface area contributed by atoms with E-state index in [9.17, 15) is 19.2 Å². The molecule has 0 aliphatic rings. The molecule has 0 rings (SSSR count). The van der Waals surface area contributed by atoms with Crippen LogP contribution >= 0.6 is 0 Å². The van der Waals surface area contributed by atoms with Gasteiger partial charge in [0.1, 0.15) is 0 Å². The van der Waals surface area contributed by atoms with Gasteiger partial charge in [-0.2, -0.15) is 0 Å². The highest BCUT2D eigenvalue weighted by atomic mass is 16.6. The summed E-state index contributed by atoms with van der Waals surface area (Å²) in [4.78, 5) is 41.9. The van der Waals surface area contributed by atoms with E-state index in [4.69, 9.17) is 20.4 Å². The maximum atomic E-state index is 10.9. The average Bonchev–Trinajstić information content (AvgIpc) is 2.15. The summed E-state index contributed by atoms with van der Waals surface area (Å²) in [5.74, 6) is -6.12. The first-order valence-corrected chi connectivity index (χ1v) is 4.29. The van der Waals surface area contributed by atoms with Crippen molar-refractivity contribution in [3.63, 3.8) is 0 Å². The molecule has 0 saturated heterocycles. The molecule has 0 bridgehead atoms. The summed E-state index contributed by atoms with van der Waals surface area (Å²) in [7, 11) is 0. The molecule has 0 saturated carbocycles. The van der Waals surface area contributed by atoms with Crippen LogP contribution in [0.15, 0.2) is 0 Å². The van der Waals surface area contributed by atoms with Gasteiger partial charge in [-0.05, 0) is 0 Å². The fourth-order valence-electron chi connectivity index (χ4n) is 0.733. The Morgan fingerprint density at radius 1 is 0.824 bits per heavy atom. The van der Waals surface area contributed by atoms with E-state index in [2.05, 4.69) is 4.74 Å². The van der Waals surface area contributed by atoms with Crippen molar-refractivity contribution < 1.29 is 44.3 Å². The SMILES string of the molecule is O=C(O)CC(O)C(=O)OC(=O)C(O)CC(=O)O. The van der Waals surface area contributed by atoms with Crippen molar-refractivity contribution in [2.24, 2.45) is 0 Å². The normalized spacial score (nSPS) is 13.5. The van der Waals surface area contributed by atoms with E-state index in [0.717, 1.165) is 0 Å². The smallest absolute Gasteiger partial charge is 0.343 e. The lowest BCUT2D eigenvalue weighted by Crippen LogP contribution is -2.33. The van der Waals surface area contributed by atoms with Crippen LogP contribution in [-0.4, -0.2) is 56.5 Å². The van der Waals surface area contributed by atoms with Gasteiger partial charge in [-0.1, -0.05) is 0 Å². The van der Waals surface area contributed by atoms with E-state index in [1.807, 2.05) is 0 Å². The second-order valence-electron chi connectivity index (χ2n) is 2.97. The maximum absolute atomic E-state index is 10.9. The summed E-state index contributed by atoms with van der Waals surface area (Å²) in [6.07, 6.45) is -6.07. The zero-order chi connectivity index (χ0) is 13.6. The molecule has 17 heavy (non-hydrogen) atoms. The Morgan fingerprint density at radius 2 is 1.12 bits per heavy atom. The number of hydrogen-bond donors (Lipinski definition) is 4. The Hall–Kier alpha value is -2.00. The molecule has 0 aromatic rings. The van der Waals surface area contributed by atoms with Crippen LogP contribution in [0.4, 0.5) is 0 Å². The van der Waals surface area contributed by atoms with Crippen LogP contribution in [0.1, 0.15) is 12.8 Å². The third-order valence-corrected chi connectivity index (χ3v) is 1.48. The Morgan fingerprint density at radius 3 is 1.35 bits per heavy atom. The molecular formula is C8H10O9. The van der Waals surface area contributed by atoms with Crippen molar-refractivity contribution in [1.82, 2.24) is 0 Å². The molecular weight excluding hydrogens is 240 g/mol. The van der Waals surface area contributed by atoms with Crippen LogP contribution < -0.4 is 0 Å². The second-order valence-corrected chi connectivity index (χ2v) is 2.97. The molecule has 0 amide bonds. The summed E-state index contributed by atoms with van der Waals surface area (Å²) >= 11 is 0. The molecule has 96 valence electrons. The molecule has 4 N–H and O–H groups in total. The Bertz CT molecular complexity index is 302. The first kappa shape index (κ1) is 15.0. The number of carbonyl (C=O) groups excluding carboxylic acids is 2. The summed E-state index contributed by atoms with van der Waals surface area (Å²) in [5, 5.41) is 34.2. The Kier molecular flexibility index (Phi) is 5.78. The van der Waals surface area contributed by atoms with Gasteiger partial charge < -0.3 is 25.2 Å². The largest absolute Gasteiger partial charge is 0.481 e. The number of esters is 2. The van der Waals surface area contributed by atoms with Crippen molar-refractivity contribution in [2.45, 2.75) is 25.0 Å². The van der Waals surface area contributed by atoms with Crippen molar-refractivity contribution in [2.75, 3.05) is 0 Å². The van der Waals surface area contributed by atoms with Crippen LogP contribution in [0, 0.1) is 0 Å². The molecule has 0 aromatic heterocycles. The van der Waals surface area contributed by atoms with E-state index in [-0.39, 0.29) is 0 Å². The van der Waals surface area contributed by atoms with Crippen LogP contribution in [0.5, 0.6) is 0 Å². The number of carboxylic acids is 2. The van der Waals surface area contributed by atoms with Gasteiger partial charge in [0, 0.05) is 0 Å². The number of ether oxygens (including phenoxy) is 1. The molecule has 9 heteroatoms. The molecule has 0 heterocycles. The summed E-state index contributed by atoms with van der Waals surface area (Å²) in [6, 6.07) is 0. The minimum Gasteiger partial charge on any atom is -0.481 e. The number of carboxylic acid groups (broad SMARTS) is 2. The molecule has 9 nitrogen and oxygen atoms in total. The lowest BCUT2D eigenvalue weighted by Gasteiger charge is -2.09. The van der Waals surface area contributed by atoms with Crippen LogP contribution in [0.25, 0.3) is 0 Å². The molecule has 2 atom stereocenters. The van der Waals surface area contributed by atoms with Gasteiger partial charge in [0.15, 0.2) is 12.2 Å². The zero-order valence-electron chi connectivity index (χ0n) is 8.40. The van der Waals surface area contributed by atoms with Gasteiger partial charge in [-0.15, -0.1) is 0 Å². The minimum atomic E-state index is -2.06. The molecule has 2 unspecified atom stereocenters. The van der Waals surface area contributed by atoms with Gasteiger partial charge in [-0.25, -0.2) is 9.59 Å². The van der Waals surface area contributed by atoms with Crippen LogP contribution in [-0.2, 0) is 23.9 Å². The number of rotatable bonds is 6.